The summed E-state index contributed by atoms with van der Waals surface area (Å²) >= 11 is 9.72. The van der Waals surface area contributed by atoms with E-state index in [4.69, 9.17) is 16.3 Å². The van der Waals surface area contributed by atoms with Crippen LogP contribution < -0.4 is 9.64 Å². The SMILES string of the molecule is CCOc1c(Cl)cc(N2CCCC2)cc1Br. The third-order valence-electron chi connectivity index (χ3n) is 2.74. The number of nitrogens with zero attached hydrogens (tertiary/aromatic N) is 1. The number of rotatable bonds is 3. The monoisotopic (exact) mass is 303 g/mol. The number of benzene rings is 1. The standard InChI is InChI=1S/C12H15BrClNO/c1-2-16-12-10(13)7-9(8-11(12)14)15-5-3-4-6-15/h7-8H,2-6H2,1H3. The van der Waals surface area contributed by atoms with Crippen molar-refractivity contribution < 1.29 is 4.74 Å². The molecule has 0 aromatic heterocycles. The topological polar surface area (TPSA) is 12.5 Å². The van der Waals surface area contributed by atoms with Crippen LogP contribution in [0.5, 0.6) is 5.75 Å². The number of anilines is 1. The highest BCUT2D eigenvalue weighted by Crippen LogP contribution is 2.38. The van der Waals surface area contributed by atoms with Crippen molar-refractivity contribution in [3.63, 3.8) is 0 Å². The molecule has 1 aromatic rings. The first-order chi connectivity index (χ1) is 7.72. The lowest BCUT2D eigenvalue weighted by molar-refractivity contribution is 0.338. The van der Waals surface area contributed by atoms with Crippen LogP contribution in [0.1, 0.15) is 19.8 Å². The molecule has 0 unspecified atom stereocenters. The minimum Gasteiger partial charge on any atom is -0.491 e. The van der Waals surface area contributed by atoms with Gasteiger partial charge in [0.2, 0.25) is 0 Å². The van der Waals surface area contributed by atoms with E-state index in [0.717, 1.165) is 23.3 Å². The lowest BCUT2D eigenvalue weighted by atomic mass is 10.3. The Kier molecular flexibility index (Phi) is 3.98. The van der Waals surface area contributed by atoms with Crippen LogP contribution in [0.4, 0.5) is 5.69 Å². The van der Waals surface area contributed by atoms with Gasteiger partial charge in [0.25, 0.3) is 0 Å². The largest absolute Gasteiger partial charge is 0.491 e. The van der Waals surface area contributed by atoms with Gasteiger partial charge in [0.1, 0.15) is 0 Å². The van der Waals surface area contributed by atoms with Gasteiger partial charge in [-0.3, -0.25) is 0 Å². The van der Waals surface area contributed by atoms with Crippen molar-refractivity contribution in [2.45, 2.75) is 19.8 Å². The van der Waals surface area contributed by atoms with Crippen molar-refractivity contribution in [2.75, 3.05) is 24.6 Å². The van der Waals surface area contributed by atoms with Crippen molar-refractivity contribution in [1.29, 1.82) is 0 Å². The lowest BCUT2D eigenvalue weighted by Crippen LogP contribution is -2.17. The van der Waals surface area contributed by atoms with E-state index in [1.54, 1.807) is 0 Å². The molecule has 1 fully saturated rings. The van der Waals surface area contributed by atoms with E-state index in [1.807, 2.05) is 13.0 Å². The maximum atomic E-state index is 6.21. The Morgan fingerprint density at radius 2 is 2.06 bits per heavy atom. The Bertz CT molecular complexity index is 354. The molecule has 1 saturated heterocycles. The molecular weight excluding hydrogens is 289 g/mol. The van der Waals surface area contributed by atoms with E-state index in [-0.39, 0.29) is 0 Å². The Morgan fingerprint density at radius 1 is 1.38 bits per heavy atom. The van der Waals surface area contributed by atoms with Gasteiger partial charge in [0.05, 0.1) is 16.1 Å². The Labute approximate surface area is 110 Å². The van der Waals surface area contributed by atoms with Crippen molar-refractivity contribution in [3.8, 4) is 5.75 Å². The number of hydrogen-bond acceptors (Lipinski definition) is 2. The quantitative estimate of drug-likeness (QED) is 0.833. The van der Waals surface area contributed by atoms with Crippen molar-refractivity contribution >= 4 is 33.2 Å². The van der Waals surface area contributed by atoms with Crippen molar-refractivity contribution in [2.24, 2.45) is 0 Å². The summed E-state index contributed by atoms with van der Waals surface area (Å²) in [6, 6.07) is 4.07. The molecule has 2 nitrogen and oxygen atoms in total. The molecule has 0 saturated carbocycles. The summed E-state index contributed by atoms with van der Waals surface area (Å²) in [4.78, 5) is 2.35. The molecular formula is C12H15BrClNO. The molecule has 0 atom stereocenters. The minimum absolute atomic E-state index is 0.626. The van der Waals surface area contributed by atoms with Crippen LogP contribution in [-0.4, -0.2) is 19.7 Å². The zero-order valence-corrected chi connectivity index (χ0v) is 11.6. The average molecular weight is 305 g/mol. The number of halogens is 2. The minimum atomic E-state index is 0.626. The van der Waals surface area contributed by atoms with E-state index in [0.29, 0.717) is 11.6 Å². The molecule has 0 N–H and O–H groups in total. The predicted molar refractivity (Wildman–Crippen MR) is 71.8 cm³/mol. The summed E-state index contributed by atoms with van der Waals surface area (Å²) in [6.45, 7) is 4.83. The van der Waals surface area contributed by atoms with Crippen LogP contribution in [0.25, 0.3) is 0 Å². The molecule has 2 rings (SSSR count). The molecule has 1 heterocycles. The van der Waals surface area contributed by atoms with Crippen molar-refractivity contribution in [1.82, 2.24) is 0 Å². The molecule has 0 amide bonds. The van der Waals surface area contributed by atoms with E-state index >= 15 is 0 Å². The van der Waals surface area contributed by atoms with Crippen LogP contribution in [0, 0.1) is 0 Å². The third-order valence-corrected chi connectivity index (χ3v) is 3.61. The van der Waals surface area contributed by atoms with E-state index in [2.05, 4.69) is 26.9 Å². The molecule has 1 aromatic carbocycles. The number of hydrogen-bond donors (Lipinski definition) is 0. The fourth-order valence-corrected chi connectivity index (χ4v) is 2.93. The Balaban J connectivity index is 2.28. The second-order valence-electron chi connectivity index (χ2n) is 3.87. The van der Waals surface area contributed by atoms with Gasteiger partial charge in [-0.1, -0.05) is 11.6 Å². The fourth-order valence-electron chi connectivity index (χ4n) is 1.99. The third kappa shape index (κ3) is 2.46. The summed E-state index contributed by atoms with van der Waals surface area (Å²) in [6.07, 6.45) is 2.53. The van der Waals surface area contributed by atoms with Gasteiger partial charge in [-0.15, -0.1) is 0 Å². The summed E-state index contributed by atoms with van der Waals surface area (Å²) in [5.41, 5.74) is 1.18. The normalized spacial score (nSPS) is 15.6. The van der Waals surface area contributed by atoms with E-state index in [9.17, 15) is 0 Å². The second-order valence-corrected chi connectivity index (χ2v) is 5.13. The Morgan fingerprint density at radius 3 is 2.62 bits per heavy atom. The van der Waals surface area contributed by atoms with Gasteiger partial charge in [0.15, 0.2) is 5.75 Å². The maximum absolute atomic E-state index is 6.21. The van der Waals surface area contributed by atoms with Gasteiger partial charge >= 0.3 is 0 Å². The highest BCUT2D eigenvalue weighted by atomic mass is 79.9. The van der Waals surface area contributed by atoms with Crippen LogP contribution in [-0.2, 0) is 0 Å². The molecule has 0 aliphatic carbocycles. The van der Waals surface area contributed by atoms with E-state index in [1.165, 1.54) is 18.5 Å². The molecule has 1 aliphatic rings. The van der Waals surface area contributed by atoms with Gasteiger partial charge in [-0.2, -0.15) is 0 Å². The first kappa shape index (κ1) is 12.1. The van der Waals surface area contributed by atoms with Gasteiger partial charge in [-0.25, -0.2) is 0 Å². The van der Waals surface area contributed by atoms with Gasteiger partial charge in [-0.05, 0) is 47.8 Å². The first-order valence-electron chi connectivity index (χ1n) is 5.59. The highest BCUT2D eigenvalue weighted by molar-refractivity contribution is 9.10. The first-order valence-corrected chi connectivity index (χ1v) is 6.76. The zero-order valence-electron chi connectivity index (χ0n) is 9.30. The van der Waals surface area contributed by atoms with Gasteiger partial charge < -0.3 is 9.64 Å². The highest BCUT2D eigenvalue weighted by Gasteiger charge is 2.16. The summed E-state index contributed by atoms with van der Waals surface area (Å²) in [5.74, 6) is 0.743. The van der Waals surface area contributed by atoms with E-state index < -0.39 is 0 Å². The Hall–Kier alpha value is -0.410. The van der Waals surface area contributed by atoms with Crippen LogP contribution >= 0.6 is 27.5 Å². The molecule has 16 heavy (non-hydrogen) atoms. The van der Waals surface area contributed by atoms with Crippen LogP contribution in [0.3, 0.4) is 0 Å². The smallest absolute Gasteiger partial charge is 0.152 e. The molecule has 0 bridgehead atoms. The zero-order chi connectivity index (χ0) is 11.5. The summed E-state index contributed by atoms with van der Waals surface area (Å²) in [7, 11) is 0. The second kappa shape index (κ2) is 5.28. The van der Waals surface area contributed by atoms with Crippen LogP contribution in [0.2, 0.25) is 5.02 Å². The average Bonchev–Trinajstić information content (AvgIpc) is 2.76. The number of ether oxygens (including phenoxy) is 1. The molecule has 4 heteroatoms. The molecule has 0 spiro atoms. The van der Waals surface area contributed by atoms with Crippen LogP contribution in [0.15, 0.2) is 16.6 Å². The summed E-state index contributed by atoms with van der Waals surface area (Å²) < 4.78 is 6.42. The summed E-state index contributed by atoms with van der Waals surface area (Å²) in [5, 5.41) is 0.679. The molecule has 88 valence electrons. The predicted octanol–water partition coefficient (Wildman–Crippen LogP) is 4.10. The molecule has 1 aliphatic heterocycles. The van der Waals surface area contributed by atoms with Gasteiger partial charge in [0, 0.05) is 18.8 Å². The lowest BCUT2D eigenvalue weighted by Gasteiger charge is -2.19. The molecule has 0 radical (unpaired) electrons. The van der Waals surface area contributed by atoms with Crippen molar-refractivity contribution in [3.05, 3.63) is 21.6 Å². The fraction of sp³-hybridized carbons (Fsp3) is 0.500. The maximum Gasteiger partial charge on any atom is 0.152 e.